The molecule has 0 aromatic heterocycles. The molecule has 0 amide bonds. The third kappa shape index (κ3) is 5.12. The molecular weight excluding hydrogens is 345 g/mol. The zero-order valence-corrected chi connectivity index (χ0v) is 15.0. The van der Waals surface area contributed by atoms with Gasteiger partial charge in [-0.1, -0.05) is 41.9 Å². The summed E-state index contributed by atoms with van der Waals surface area (Å²) in [6.45, 7) is 0.765. The zero-order valence-electron chi connectivity index (χ0n) is 13.5. The van der Waals surface area contributed by atoms with E-state index in [1.807, 2.05) is 12.1 Å². The normalized spacial score (nSPS) is 17.5. The molecular formula is C19H23Cl2NO2. The molecule has 0 saturated heterocycles. The van der Waals surface area contributed by atoms with Crippen molar-refractivity contribution in [2.45, 2.75) is 31.4 Å². The zero-order chi connectivity index (χ0) is 16.1. The molecule has 2 aromatic carbocycles. The summed E-state index contributed by atoms with van der Waals surface area (Å²) in [5.41, 5.74) is 2.78. The first kappa shape index (κ1) is 19.1. The van der Waals surface area contributed by atoms with E-state index in [0.29, 0.717) is 23.4 Å². The first-order chi connectivity index (χ1) is 11.2. The molecule has 0 aliphatic heterocycles. The van der Waals surface area contributed by atoms with Crippen molar-refractivity contribution in [3.8, 4) is 5.75 Å². The summed E-state index contributed by atoms with van der Waals surface area (Å²) in [5, 5.41) is 14.2. The van der Waals surface area contributed by atoms with Gasteiger partial charge in [-0.25, -0.2) is 0 Å². The van der Waals surface area contributed by atoms with Crippen LogP contribution in [0.4, 0.5) is 0 Å². The molecule has 0 radical (unpaired) electrons. The number of fused-ring (bicyclic) bond motifs is 1. The third-order valence-corrected chi connectivity index (χ3v) is 4.44. The minimum absolute atomic E-state index is 0. The summed E-state index contributed by atoms with van der Waals surface area (Å²) in [4.78, 5) is 0. The molecule has 0 bridgehead atoms. The number of nitrogens with one attached hydrogen (secondary N) is 1. The van der Waals surface area contributed by atoms with Gasteiger partial charge in [0.05, 0.1) is 0 Å². The smallest absolute Gasteiger partial charge is 0.120 e. The second kappa shape index (κ2) is 9.28. The SMILES string of the molecule is Cl.OC(CNC1CCCc2ccccc21)COc1cccc(Cl)c1. The summed E-state index contributed by atoms with van der Waals surface area (Å²) in [6, 6.07) is 16.1. The van der Waals surface area contributed by atoms with Gasteiger partial charge in [0, 0.05) is 17.6 Å². The van der Waals surface area contributed by atoms with E-state index < -0.39 is 6.10 Å². The maximum Gasteiger partial charge on any atom is 0.120 e. The Balaban J connectivity index is 0.00000208. The molecule has 24 heavy (non-hydrogen) atoms. The monoisotopic (exact) mass is 367 g/mol. The van der Waals surface area contributed by atoms with Crippen molar-refractivity contribution in [3.63, 3.8) is 0 Å². The number of halogens is 2. The number of ether oxygens (including phenoxy) is 1. The maximum atomic E-state index is 10.1. The van der Waals surface area contributed by atoms with Gasteiger partial charge >= 0.3 is 0 Å². The Kier molecular flexibility index (Phi) is 7.38. The molecule has 2 unspecified atom stereocenters. The van der Waals surface area contributed by atoms with Gasteiger partial charge < -0.3 is 15.2 Å². The molecule has 3 nitrogen and oxygen atoms in total. The highest BCUT2D eigenvalue weighted by Crippen LogP contribution is 2.29. The molecule has 0 spiro atoms. The number of hydrogen-bond acceptors (Lipinski definition) is 3. The fourth-order valence-corrected chi connectivity index (χ4v) is 3.23. The molecule has 2 atom stereocenters. The van der Waals surface area contributed by atoms with E-state index in [4.69, 9.17) is 16.3 Å². The number of aryl methyl sites for hydroxylation is 1. The Bertz CT molecular complexity index is 651. The van der Waals surface area contributed by atoms with E-state index in [2.05, 4.69) is 29.6 Å². The first-order valence-corrected chi connectivity index (χ1v) is 8.48. The van der Waals surface area contributed by atoms with Crippen LogP contribution in [0.1, 0.15) is 30.0 Å². The summed E-state index contributed by atoms with van der Waals surface area (Å²) in [7, 11) is 0. The van der Waals surface area contributed by atoms with Crippen LogP contribution in [0.25, 0.3) is 0 Å². The second-order valence-corrected chi connectivity index (χ2v) is 6.41. The predicted octanol–water partition coefficient (Wildman–Crippen LogP) is 4.17. The Labute approximate surface area is 154 Å². The van der Waals surface area contributed by atoms with Crippen LogP contribution in [-0.2, 0) is 6.42 Å². The van der Waals surface area contributed by atoms with Crippen molar-refractivity contribution in [3.05, 3.63) is 64.7 Å². The van der Waals surface area contributed by atoms with Crippen molar-refractivity contribution >= 4 is 24.0 Å². The summed E-state index contributed by atoms with van der Waals surface area (Å²) < 4.78 is 5.58. The van der Waals surface area contributed by atoms with Gasteiger partial charge in [-0.05, 0) is 48.6 Å². The lowest BCUT2D eigenvalue weighted by atomic mass is 9.88. The van der Waals surface area contributed by atoms with Crippen LogP contribution >= 0.6 is 24.0 Å². The Hall–Kier alpha value is -1.26. The number of hydrogen-bond donors (Lipinski definition) is 2. The summed E-state index contributed by atoms with van der Waals surface area (Å²) >= 11 is 5.92. The molecule has 1 aliphatic carbocycles. The van der Waals surface area contributed by atoms with Gasteiger partial charge in [-0.3, -0.25) is 0 Å². The minimum Gasteiger partial charge on any atom is -0.491 e. The van der Waals surface area contributed by atoms with Crippen LogP contribution < -0.4 is 10.1 Å². The number of benzene rings is 2. The van der Waals surface area contributed by atoms with Gasteiger partial charge in [0.15, 0.2) is 0 Å². The van der Waals surface area contributed by atoms with Gasteiger partial charge in [0.1, 0.15) is 18.5 Å². The number of aliphatic hydroxyl groups excluding tert-OH is 1. The lowest BCUT2D eigenvalue weighted by Gasteiger charge is -2.27. The van der Waals surface area contributed by atoms with Crippen molar-refractivity contribution in [2.24, 2.45) is 0 Å². The lowest BCUT2D eigenvalue weighted by molar-refractivity contribution is 0.103. The first-order valence-electron chi connectivity index (χ1n) is 8.10. The van der Waals surface area contributed by atoms with Crippen LogP contribution in [0.3, 0.4) is 0 Å². The number of rotatable bonds is 6. The minimum atomic E-state index is -0.553. The topological polar surface area (TPSA) is 41.5 Å². The Morgan fingerprint density at radius 1 is 1.21 bits per heavy atom. The van der Waals surface area contributed by atoms with E-state index in [1.54, 1.807) is 12.1 Å². The molecule has 0 fully saturated rings. The molecule has 2 N–H and O–H groups in total. The van der Waals surface area contributed by atoms with E-state index in [0.717, 1.165) is 12.8 Å². The average molecular weight is 368 g/mol. The van der Waals surface area contributed by atoms with Gasteiger partial charge in [0.25, 0.3) is 0 Å². The van der Waals surface area contributed by atoms with Crippen LogP contribution in [-0.4, -0.2) is 24.4 Å². The molecule has 0 saturated carbocycles. The highest BCUT2D eigenvalue weighted by atomic mass is 35.5. The van der Waals surface area contributed by atoms with Gasteiger partial charge in [-0.15, -0.1) is 12.4 Å². The van der Waals surface area contributed by atoms with E-state index >= 15 is 0 Å². The third-order valence-electron chi connectivity index (χ3n) is 4.21. The maximum absolute atomic E-state index is 10.1. The molecule has 1 aliphatic rings. The van der Waals surface area contributed by atoms with Crippen LogP contribution in [0.15, 0.2) is 48.5 Å². The Morgan fingerprint density at radius 2 is 2.04 bits per heavy atom. The standard InChI is InChI=1S/C19H22ClNO2.ClH/c20-15-7-4-8-17(11-15)23-13-16(22)12-21-19-10-3-6-14-5-1-2-9-18(14)19;/h1-2,4-5,7-9,11,16,19,21-22H,3,6,10,12-13H2;1H. The Morgan fingerprint density at radius 3 is 2.88 bits per heavy atom. The van der Waals surface area contributed by atoms with Crippen molar-refractivity contribution in [1.29, 1.82) is 0 Å². The predicted molar refractivity (Wildman–Crippen MR) is 100 cm³/mol. The summed E-state index contributed by atoms with van der Waals surface area (Å²) in [6.07, 6.45) is 2.89. The summed E-state index contributed by atoms with van der Waals surface area (Å²) in [5.74, 6) is 0.680. The second-order valence-electron chi connectivity index (χ2n) is 5.97. The van der Waals surface area contributed by atoms with Crippen LogP contribution in [0.5, 0.6) is 5.75 Å². The van der Waals surface area contributed by atoms with Gasteiger partial charge in [0.2, 0.25) is 0 Å². The number of aliphatic hydroxyl groups is 1. The molecule has 5 heteroatoms. The molecule has 130 valence electrons. The molecule has 2 aromatic rings. The van der Waals surface area contributed by atoms with Crippen molar-refractivity contribution in [2.75, 3.05) is 13.2 Å². The van der Waals surface area contributed by atoms with Crippen molar-refractivity contribution < 1.29 is 9.84 Å². The van der Waals surface area contributed by atoms with Gasteiger partial charge in [-0.2, -0.15) is 0 Å². The quantitative estimate of drug-likeness (QED) is 0.804. The van der Waals surface area contributed by atoms with E-state index in [-0.39, 0.29) is 19.0 Å². The largest absolute Gasteiger partial charge is 0.491 e. The van der Waals surface area contributed by atoms with Crippen LogP contribution in [0.2, 0.25) is 5.02 Å². The van der Waals surface area contributed by atoms with Crippen molar-refractivity contribution in [1.82, 2.24) is 5.32 Å². The van der Waals surface area contributed by atoms with E-state index in [9.17, 15) is 5.11 Å². The lowest BCUT2D eigenvalue weighted by Crippen LogP contribution is -2.35. The van der Waals surface area contributed by atoms with E-state index in [1.165, 1.54) is 17.5 Å². The average Bonchev–Trinajstić information content (AvgIpc) is 2.58. The molecule has 0 heterocycles. The van der Waals surface area contributed by atoms with Crippen LogP contribution in [0, 0.1) is 0 Å². The highest BCUT2D eigenvalue weighted by molar-refractivity contribution is 6.30. The fraction of sp³-hybridized carbons (Fsp3) is 0.368. The fourth-order valence-electron chi connectivity index (χ4n) is 3.05. The molecule has 3 rings (SSSR count). The highest BCUT2D eigenvalue weighted by Gasteiger charge is 2.20.